The van der Waals surface area contributed by atoms with Crippen molar-refractivity contribution in [3.8, 4) is 0 Å². The molecule has 1 aliphatic rings. The van der Waals surface area contributed by atoms with Gasteiger partial charge in [-0.25, -0.2) is 8.42 Å². The summed E-state index contributed by atoms with van der Waals surface area (Å²) < 4.78 is 22.6. The Labute approximate surface area is 99.2 Å². The molecule has 1 aliphatic heterocycles. The van der Waals surface area contributed by atoms with Crippen LogP contribution in [0, 0.1) is 0 Å². The Balaban J connectivity index is 2.11. The minimum Gasteiger partial charge on any atom is -0.390 e. The summed E-state index contributed by atoms with van der Waals surface area (Å²) in [6.45, 7) is 0. The molecule has 2 atom stereocenters. The SMILES string of the molecule is O=S1(=O)C[C@@H](O)[C@H](Nc2cccc(Cl)c2)C1. The van der Waals surface area contributed by atoms with E-state index in [0.29, 0.717) is 10.7 Å². The lowest BCUT2D eigenvalue weighted by Crippen LogP contribution is -2.31. The number of aliphatic hydroxyl groups excluding tert-OH is 1. The monoisotopic (exact) mass is 261 g/mol. The second kappa shape index (κ2) is 4.24. The van der Waals surface area contributed by atoms with Crippen LogP contribution in [0.3, 0.4) is 0 Å². The zero-order chi connectivity index (χ0) is 11.8. The van der Waals surface area contributed by atoms with Crippen LogP contribution in [-0.2, 0) is 9.84 Å². The van der Waals surface area contributed by atoms with Crippen molar-refractivity contribution >= 4 is 27.1 Å². The quantitative estimate of drug-likeness (QED) is 0.831. The van der Waals surface area contributed by atoms with E-state index in [-0.39, 0.29) is 11.5 Å². The van der Waals surface area contributed by atoms with Crippen LogP contribution >= 0.6 is 11.6 Å². The number of nitrogens with one attached hydrogen (secondary N) is 1. The number of anilines is 1. The summed E-state index contributed by atoms with van der Waals surface area (Å²) in [5, 5.41) is 13.1. The van der Waals surface area contributed by atoms with Gasteiger partial charge in [-0.3, -0.25) is 0 Å². The summed E-state index contributed by atoms with van der Waals surface area (Å²) in [5.74, 6) is -0.216. The summed E-state index contributed by atoms with van der Waals surface area (Å²) in [6, 6.07) is 6.51. The highest BCUT2D eigenvalue weighted by molar-refractivity contribution is 7.91. The Morgan fingerprint density at radius 2 is 2.12 bits per heavy atom. The van der Waals surface area contributed by atoms with Gasteiger partial charge < -0.3 is 10.4 Å². The smallest absolute Gasteiger partial charge is 0.155 e. The van der Waals surface area contributed by atoms with Gasteiger partial charge in [-0.2, -0.15) is 0 Å². The molecule has 0 unspecified atom stereocenters. The molecule has 2 rings (SSSR count). The topological polar surface area (TPSA) is 66.4 Å². The third-order valence-corrected chi connectivity index (χ3v) is 4.45. The van der Waals surface area contributed by atoms with Crippen molar-refractivity contribution in [1.82, 2.24) is 0 Å². The maximum Gasteiger partial charge on any atom is 0.155 e. The normalized spacial score (nSPS) is 27.9. The van der Waals surface area contributed by atoms with E-state index < -0.39 is 22.0 Å². The van der Waals surface area contributed by atoms with Crippen LogP contribution in [0.15, 0.2) is 24.3 Å². The van der Waals surface area contributed by atoms with Gasteiger partial charge in [-0.1, -0.05) is 17.7 Å². The van der Waals surface area contributed by atoms with E-state index in [9.17, 15) is 13.5 Å². The molecule has 1 fully saturated rings. The van der Waals surface area contributed by atoms with Crippen molar-refractivity contribution in [2.24, 2.45) is 0 Å². The molecule has 0 radical (unpaired) electrons. The molecule has 6 heteroatoms. The summed E-state index contributed by atoms with van der Waals surface area (Å²) in [4.78, 5) is 0. The lowest BCUT2D eigenvalue weighted by molar-refractivity contribution is 0.190. The number of halogens is 1. The highest BCUT2D eigenvalue weighted by Gasteiger charge is 2.36. The zero-order valence-corrected chi connectivity index (χ0v) is 10.0. The summed E-state index contributed by atoms with van der Waals surface area (Å²) in [7, 11) is -3.12. The van der Waals surface area contributed by atoms with Gasteiger partial charge in [0.25, 0.3) is 0 Å². The molecule has 0 amide bonds. The van der Waals surface area contributed by atoms with E-state index in [4.69, 9.17) is 11.6 Å². The van der Waals surface area contributed by atoms with Gasteiger partial charge in [-0.05, 0) is 18.2 Å². The molecular formula is C10H12ClNO3S. The van der Waals surface area contributed by atoms with Crippen LogP contribution in [0.2, 0.25) is 5.02 Å². The fourth-order valence-electron chi connectivity index (χ4n) is 1.76. The molecule has 4 nitrogen and oxygen atoms in total. The van der Waals surface area contributed by atoms with E-state index in [1.807, 2.05) is 0 Å². The standard InChI is InChI=1S/C10H12ClNO3S/c11-7-2-1-3-8(4-7)12-9-5-16(14,15)6-10(9)13/h1-4,9-10,12-13H,5-6H2/t9-,10-/m1/s1. The number of hydrogen-bond donors (Lipinski definition) is 2. The molecule has 88 valence electrons. The number of benzene rings is 1. The van der Waals surface area contributed by atoms with Crippen molar-refractivity contribution in [3.63, 3.8) is 0 Å². The summed E-state index contributed by atoms with van der Waals surface area (Å²) in [6.07, 6.45) is -0.857. The second-order valence-electron chi connectivity index (χ2n) is 3.91. The van der Waals surface area contributed by atoms with Crippen LogP contribution in [0.1, 0.15) is 0 Å². The van der Waals surface area contributed by atoms with Gasteiger partial charge in [0.2, 0.25) is 0 Å². The van der Waals surface area contributed by atoms with E-state index >= 15 is 0 Å². The van der Waals surface area contributed by atoms with Crippen molar-refractivity contribution in [2.45, 2.75) is 12.1 Å². The fraction of sp³-hybridized carbons (Fsp3) is 0.400. The molecule has 0 spiro atoms. The Morgan fingerprint density at radius 1 is 1.38 bits per heavy atom. The first kappa shape index (κ1) is 11.7. The molecule has 1 aromatic rings. The predicted molar refractivity (Wildman–Crippen MR) is 63.5 cm³/mol. The lowest BCUT2D eigenvalue weighted by atomic mass is 10.2. The summed E-state index contributed by atoms with van der Waals surface area (Å²) >= 11 is 5.80. The molecule has 1 saturated heterocycles. The number of aliphatic hydroxyl groups is 1. The highest BCUT2D eigenvalue weighted by Crippen LogP contribution is 2.20. The summed E-state index contributed by atoms with van der Waals surface area (Å²) in [5.41, 5.74) is 0.716. The highest BCUT2D eigenvalue weighted by atomic mass is 35.5. The van der Waals surface area contributed by atoms with Crippen LogP contribution in [0.5, 0.6) is 0 Å². The third-order valence-electron chi connectivity index (χ3n) is 2.50. The first-order valence-electron chi connectivity index (χ1n) is 4.87. The van der Waals surface area contributed by atoms with E-state index in [1.165, 1.54) is 0 Å². The molecule has 0 bridgehead atoms. The molecule has 1 aromatic carbocycles. The van der Waals surface area contributed by atoms with Crippen molar-refractivity contribution in [1.29, 1.82) is 0 Å². The van der Waals surface area contributed by atoms with Crippen LogP contribution in [0.4, 0.5) is 5.69 Å². The average molecular weight is 262 g/mol. The van der Waals surface area contributed by atoms with E-state index in [1.54, 1.807) is 24.3 Å². The molecule has 0 aliphatic carbocycles. The van der Waals surface area contributed by atoms with Crippen molar-refractivity contribution in [2.75, 3.05) is 16.8 Å². The minimum absolute atomic E-state index is 0.0410. The first-order chi connectivity index (χ1) is 7.46. The van der Waals surface area contributed by atoms with Crippen molar-refractivity contribution in [3.05, 3.63) is 29.3 Å². The minimum atomic E-state index is -3.12. The Hall–Kier alpha value is -0.780. The van der Waals surface area contributed by atoms with Crippen LogP contribution in [0.25, 0.3) is 0 Å². The fourth-order valence-corrected chi connectivity index (χ4v) is 3.69. The molecule has 1 heterocycles. The van der Waals surface area contributed by atoms with E-state index in [2.05, 4.69) is 5.32 Å². The Morgan fingerprint density at radius 3 is 2.69 bits per heavy atom. The van der Waals surface area contributed by atoms with Crippen LogP contribution in [-0.4, -0.2) is 37.2 Å². The van der Waals surface area contributed by atoms with E-state index in [0.717, 1.165) is 0 Å². The zero-order valence-electron chi connectivity index (χ0n) is 8.43. The van der Waals surface area contributed by atoms with Gasteiger partial charge in [-0.15, -0.1) is 0 Å². The maximum absolute atomic E-state index is 11.3. The van der Waals surface area contributed by atoms with Gasteiger partial charge in [0.15, 0.2) is 9.84 Å². The molecule has 2 N–H and O–H groups in total. The van der Waals surface area contributed by atoms with Gasteiger partial charge in [0, 0.05) is 10.7 Å². The first-order valence-corrected chi connectivity index (χ1v) is 7.07. The van der Waals surface area contributed by atoms with Gasteiger partial charge in [0.1, 0.15) is 0 Å². The van der Waals surface area contributed by atoms with Crippen LogP contribution < -0.4 is 5.32 Å². The average Bonchev–Trinajstić information content (AvgIpc) is 2.39. The second-order valence-corrected chi connectivity index (χ2v) is 6.50. The Bertz CT molecular complexity index is 489. The maximum atomic E-state index is 11.3. The largest absolute Gasteiger partial charge is 0.390 e. The number of hydrogen-bond acceptors (Lipinski definition) is 4. The van der Waals surface area contributed by atoms with Gasteiger partial charge >= 0.3 is 0 Å². The molecular weight excluding hydrogens is 250 g/mol. The lowest BCUT2D eigenvalue weighted by Gasteiger charge is -2.16. The number of sulfone groups is 1. The van der Waals surface area contributed by atoms with Gasteiger partial charge in [0.05, 0.1) is 23.7 Å². The Kier molecular flexibility index (Phi) is 3.10. The molecule has 0 saturated carbocycles. The van der Waals surface area contributed by atoms with Crippen molar-refractivity contribution < 1.29 is 13.5 Å². The third kappa shape index (κ3) is 2.66. The molecule has 16 heavy (non-hydrogen) atoms. The molecule has 0 aromatic heterocycles. The predicted octanol–water partition coefficient (Wildman–Crippen LogP) is 0.910. The number of rotatable bonds is 2.